The van der Waals surface area contributed by atoms with Crippen molar-refractivity contribution in [3.63, 3.8) is 0 Å². The largest absolute Gasteiger partial charge is 0.454 e. The number of imidazole rings is 1. The van der Waals surface area contributed by atoms with Gasteiger partial charge in [-0.05, 0) is 51.1 Å². The fourth-order valence-electron chi connectivity index (χ4n) is 4.73. The maximum Gasteiger partial charge on any atom is 0.231 e. The van der Waals surface area contributed by atoms with Gasteiger partial charge in [0.05, 0.1) is 12.0 Å². The lowest BCUT2D eigenvalue weighted by Crippen LogP contribution is -2.38. The molecule has 5 rings (SSSR count). The number of aliphatic hydroxyl groups excluding tert-OH is 2. The summed E-state index contributed by atoms with van der Waals surface area (Å²) in [4.78, 5) is 27.2. The lowest BCUT2D eigenvalue weighted by Gasteiger charge is -2.22. The second-order valence-corrected chi connectivity index (χ2v) is 9.45. The van der Waals surface area contributed by atoms with Crippen molar-refractivity contribution in [2.24, 2.45) is 0 Å². The summed E-state index contributed by atoms with van der Waals surface area (Å²) in [5, 5.41) is 21.3. The Labute approximate surface area is 208 Å². The van der Waals surface area contributed by atoms with Crippen LogP contribution in [-0.4, -0.2) is 85.7 Å². The van der Waals surface area contributed by atoms with E-state index in [0.29, 0.717) is 42.0 Å². The molecular weight excluding hydrogens is 466 g/mol. The molecule has 0 saturated carbocycles. The van der Waals surface area contributed by atoms with Crippen LogP contribution in [0.4, 0.5) is 0 Å². The Morgan fingerprint density at radius 2 is 1.97 bits per heavy atom. The molecule has 0 spiro atoms. The number of carbonyl (C=O) groups excluding carboxylic acids is 1. The van der Waals surface area contributed by atoms with Crippen LogP contribution >= 0.6 is 0 Å². The molecule has 1 aromatic carbocycles. The molecule has 11 heteroatoms. The number of carbonyl (C=O) groups is 1. The molecule has 36 heavy (non-hydrogen) atoms. The highest BCUT2D eigenvalue weighted by Crippen LogP contribution is 2.33. The van der Waals surface area contributed by atoms with E-state index < -0.39 is 24.5 Å². The van der Waals surface area contributed by atoms with Gasteiger partial charge in [0.2, 0.25) is 6.79 Å². The Hall–Kier alpha value is -3.12. The zero-order chi connectivity index (χ0) is 25.2. The fourth-order valence-corrected chi connectivity index (χ4v) is 4.73. The van der Waals surface area contributed by atoms with Crippen LogP contribution in [0.5, 0.6) is 11.5 Å². The second kappa shape index (κ2) is 10.5. The summed E-state index contributed by atoms with van der Waals surface area (Å²) >= 11 is 0. The van der Waals surface area contributed by atoms with E-state index in [1.54, 1.807) is 10.9 Å². The SMILES string of the molecule is Cc1ncnc2c1ncn2[C@@H]1O[C@H](CN(C)CCCCC(=O)Cc2ccc3c(c2)OCO3)[C@@H](O)[C@H]1O. The molecule has 3 aromatic rings. The van der Waals surface area contributed by atoms with Gasteiger partial charge in [-0.1, -0.05) is 6.07 Å². The number of aromatic nitrogens is 4. The van der Waals surface area contributed by atoms with Crippen LogP contribution in [0, 0.1) is 6.92 Å². The second-order valence-electron chi connectivity index (χ2n) is 9.45. The minimum atomic E-state index is -1.11. The molecule has 2 aromatic heterocycles. The van der Waals surface area contributed by atoms with Gasteiger partial charge in [0, 0.05) is 19.4 Å². The van der Waals surface area contributed by atoms with Gasteiger partial charge in [-0.25, -0.2) is 15.0 Å². The number of fused-ring (bicyclic) bond motifs is 2. The maximum atomic E-state index is 12.4. The van der Waals surface area contributed by atoms with E-state index in [9.17, 15) is 15.0 Å². The third-order valence-electron chi connectivity index (χ3n) is 6.73. The molecule has 0 radical (unpaired) electrons. The van der Waals surface area contributed by atoms with Crippen molar-refractivity contribution in [1.82, 2.24) is 24.4 Å². The number of ether oxygens (including phenoxy) is 3. The summed E-state index contributed by atoms with van der Waals surface area (Å²) in [6, 6.07) is 5.60. The van der Waals surface area contributed by atoms with E-state index in [-0.39, 0.29) is 12.6 Å². The highest BCUT2D eigenvalue weighted by Gasteiger charge is 2.44. The number of likely N-dealkylation sites (N-methyl/N-ethyl adjacent to an activating group) is 1. The summed E-state index contributed by atoms with van der Waals surface area (Å²) in [5.74, 6) is 1.59. The average molecular weight is 498 g/mol. The van der Waals surface area contributed by atoms with Crippen LogP contribution in [0.15, 0.2) is 30.9 Å². The zero-order valence-corrected chi connectivity index (χ0v) is 20.4. The van der Waals surface area contributed by atoms with Crippen LogP contribution in [-0.2, 0) is 16.0 Å². The summed E-state index contributed by atoms with van der Waals surface area (Å²) in [5.41, 5.74) is 2.85. The summed E-state index contributed by atoms with van der Waals surface area (Å²) in [6.45, 7) is 3.24. The molecule has 2 aliphatic rings. The Morgan fingerprint density at radius 3 is 2.83 bits per heavy atom. The molecule has 0 aliphatic carbocycles. The Kier molecular flexibility index (Phi) is 7.15. The molecule has 2 aliphatic heterocycles. The first-order valence-electron chi connectivity index (χ1n) is 12.1. The molecule has 2 N–H and O–H groups in total. The number of hydrogen-bond donors (Lipinski definition) is 2. The molecule has 192 valence electrons. The van der Waals surface area contributed by atoms with Crippen LogP contribution < -0.4 is 9.47 Å². The highest BCUT2D eigenvalue weighted by atomic mass is 16.7. The van der Waals surface area contributed by atoms with E-state index in [1.165, 1.54) is 6.33 Å². The van der Waals surface area contributed by atoms with E-state index in [0.717, 1.165) is 30.6 Å². The predicted molar refractivity (Wildman–Crippen MR) is 129 cm³/mol. The van der Waals surface area contributed by atoms with Gasteiger partial charge in [0.1, 0.15) is 35.9 Å². The number of Topliss-reactive ketones (excluding diaryl/α,β-unsaturated/α-hetero) is 1. The topological polar surface area (TPSA) is 132 Å². The quantitative estimate of drug-likeness (QED) is 0.396. The molecule has 1 fully saturated rings. The zero-order valence-electron chi connectivity index (χ0n) is 20.4. The smallest absolute Gasteiger partial charge is 0.231 e. The van der Waals surface area contributed by atoms with Crippen LogP contribution in [0.2, 0.25) is 0 Å². The third kappa shape index (κ3) is 5.05. The molecule has 0 bridgehead atoms. The predicted octanol–water partition coefficient (Wildman–Crippen LogP) is 1.40. The van der Waals surface area contributed by atoms with Crippen LogP contribution in [0.1, 0.15) is 36.7 Å². The maximum absolute atomic E-state index is 12.4. The molecule has 1 saturated heterocycles. The number of nitrogens with zero attached hydrogens (tertiary/aromatic N) is 5. The fraction of sp³-hybridized carbons (Fsp3) is 0.520. The number of rotatable bonds is 10. The van der Waals surface area contributed by atoms with E-state index in [2.05, 4.69) is 15.0 Å². The summed E-state index contributed by atoms with van der Waals surface area (Å²) in [6.07, 6.45) is 1.98. The lowest BCUT2D eigenvalue weighted by molar-refractivity contribution is -0.118. The first-order valence-corrected chi connectivity index (χ1v) is 12.1. The number of aliphatic hydroxyl groups is 2. The van der Waals surface area contributed by atoms with E-state index in [4.69, 9.17) is 14.2 Å². The number of aryl methyl sites for hydroxylation is 1. The number of ketones is 1. The molecule has 0 amide bonds. The van der Waals surface area contributed by atoms with Crippen molar-refractivity contribution in [2.45, 2.75) is 57.1 Å². The third-order valence-corrected chi connectivity index (χ3v) is 6.73. The van der Waals surface area contributed by atoms with Crippen LogP contribution in [0.25, 0.3) is 11.2 Å². The van der Waals surface area contributed by atoms with Crippen molar-refractivity contribution in [3.05, 3.63) is 42.1 Å². The van der Waals surface area contributed by atoms with Gasteiger partial charge in [0.15, 0.2) is 23.4 Å². The van der Waals surface area contributed by atoms with E-state index >= 15 is 0 Å². The Bertz CT molecular complexity index is 1230. The normalized spacial score (nSPS) is 23.1. The van der Waals surface area contributed by atoms with Gasteiger partial charge >= 0.3 is 0 Å². The van der Waals surface area contributed by atoms with Gasteiger partial charge in [-0.15, -0.1) is 0 Å². The Balaban J connectivity index is 1.07. The molecule has 0 unspecified atom stereocenters. The van der Waals surface area contributed by atoms with Crippen molar-refractivity contribution < 1.29 is 29.2 Å². The number of hydrogen-bond acceptors (Lipinski definition) is 10. The van der Waals surface area contributed by atoms with Crippen molar-refractivity contribution in [3.8, 4) is 11.5 Å². The summed E-state index contributed by atoms with van der Waals surface area (Å²) < 4.78 is 18.4. The molecule has 4 heterocycles. The van der Waals surface area contributed by atoms with Crippen molar-refractivity contribution in [1.29, 1.82) is 0 Å². The van der Waals surface area contributed by atoms with Gasteiger partial charge in [-0.3, -0.25) is 9.36 Å². The average Bonchev–Trinajstić information content (AvgIpc) is 3.56. The molecule has 11 nitrogen and oxygen atoms in total. The van der Waals surface area contributed by atoms with E-state index in [1.807, 2.05) is 37.1 Å². The van der Waals surface area contributed by atoms with Crippen LogP contribution in [0.3, 0.4) is 0 Å². The monoisotopic (exact) mass is 497 g/mol. The standard InChI is InChI=1S/C25H31N5O6/c1-15-21-24(27-12-26-15)30(13-28-21)25-23(33)22(32)20(36-25)11-29(2)8-4-3-5-17(31)9-16-6-7-18-19(10-16)35-14-34-18/h6-7,10,12-13,20,22-23,25,32-33H,3-5,8-9,11,14H2,1-2H3/t20-,22-,23-,25-/m1/s1. The van der Waals surface area contributed by atoms with Crippen molar-refractivity contribution >= 4 is 16.9 Å². The molecular formula is C25H31N5O6. The van der Waals surface area contributed by atoms with Crippen molar-refractivity contribution in [2.75, 3.05) is 26.9 Å². The highest BCUT2D eigenvalue weighted by molar-refractivity contribution is 5.81. The minimum absolute atomic E-state index is 0.184. The van der Waals surface area contributed by atoms with Gasteiger partial charge < -0.3 is 29.3 Å². The number of unbranched alkanes of at least 4 members (excludes halogenated alkanes) is 1. The first kappa shape index (κ1) is 24.6. The number of benzene rings is 1. The van der Waals surface area contributed by atoms with Gasteiger partial charge in [0.25, 0.3) is 0 Å². The first-order chi connectivity index (χ1) is 17.4. The lowest BCUT2D eigenvalue weighted by atomic mass is 10.0. The molecule has 4 atom stereocenters. The summed E-state index contributed by atoms with van der Waals surface area (Å²) in [7, 11) is 1.94. The van der Waals surface area contributed by atoms with Gasteiger partial charge in [-0.2, -0.15) is 0 Å². The Morgan fingerprint density at radius 1 is 1.14 bits per heavy atom. The minimum Gasteiger partial charge on any atom is -0.454 e.